The van der Waals surface area contributed by atoms with Gasteiger partial charge in [0.2, 0.25) is 5.91 Å². The fourth-order valence-corrected chi connectivity index (χ4v) is 2.75. The number of hydrogen-bond donors (Lipinski definition) is 2. The van der Waals surface area contributed by atoms with E-state index in [0.29, 0.717) is 10.6 Å². The van der Waals surface area contributed by atoms with Gasteiger partial charge in [-0.15, -0.1) is 0 Å². The van der Waals surface area contributed by atoms with E-state index in [4.69, 9.17) is 5.11 Å². The molecule has 0 unspecified atom stereocenters. The summed E-state index contributed by atoms with van der Waals surface area (Å²) in [7, 11) is 0. The van der Waals surface area contributed by atoms with Crippen LogP contribution in [0.5, 0.6) is 0 Å². The molecule has 0 aliphatic heterocycles. The first kappa shape index (κ1) is 16.6. The fourth-order valence-electron chi connectivity index (χ4n) is 1.97. The molecule has 0 radical (unpaired) electrons. The number of carboxylic acids is 1. The first-order chi connectivity index (χ1) is 10.8. The van der Waals surface area contributed by atoms with Crippen LogP contribution in [0.1, 0.15) is 25.1 Å². The van der Waals surface area contributed by atoms with Crippen molar-refractivity contribution in [2.24, 2.45) is 5.41 Å². The molecule has 118 valence electrons. The van der Waals surface area contributed by atoms with Crippen LogP contribution < -0.4 is 5.32 Å². The second kappa shape index (κ2) is 6.58. The molecule has 2 rings (SSSR count). The number of amides is 1. The lowest BCUT2D eigenvalue weighted by Crippen LogP contribution is -2.32. The number of nitrogens with one attached hydrogen (secondary N) is 1. The van der Waals surface area contributed by atoms with Gasteiger partial charge in [-0.25, -0.2) is 4.98 Å². The largest absolute Gasteiger partial charge is 0.481 e. The van der Waals surface area contributed by atoms with Gasteiger partial charge in [0.15, 0.2) is 5.13 Å². The highest BCUT2D eigenvalue weighted by Gasteiger charge is 2.31. The maximum atomic E-state index is 12.2. The molecule has 23 heavy (non-hydrogen) atoms. The zero-order chi connectivity index (χ0) is 17.0. The van der Waals surface area contributed by atoms with Gasteiger partial charge in [0.1, 0.15) is 16.6 Å². The number of aromatic nitrogens is 1. The number of carbonyl (C=O) groups is 2. The molecule has 1 aromatic heterocycles. The van der Waals surface area contributed by atoms with E-state index in [0.717, 1.165) is 16.9 Å². The molecule has 7 heteroatoms. The summed E-state index contributed by atoms with van der Waals surface area (Å²) in [5.74, 6) is -1.50. The van der Waals surface area contributed by atoms with Gasteiger partial charge in [0.25, 0.3) is 0 Å². The Morgan fingerprint density at radius 1 is 1.35 bits per heavy atom. The van der Waals surface area contributed by atoms with E-state index in [2.05, 4.69) is 16.4 Å². The molecule has 1 amide bonds. The minimum atomic E-state index is -1.07. The zero-order valence-corrected chi connectivity index (χ0v) is 13.5. The number of carbonyl (C=O) groups excluding carboxylic acids is 1. The number of rotatable bonds is 5. The van der Waals surface area contributed by atoms with Crippen molar-refractivity contribution in [1.29, 1.82) is 5.26 Å². The van der Waals surface area contributed by atoms with Crippen LogP contribution in [0, 0.1) is 16.7 Å². The van der Waals surface area contributed by atoms with Crippen LogP contribution in [0.3, 0.4) is 0 Å². The highest BCUT2D eigenvalue weighted by atomic mass is 32.1. The lowest BCUT2D eigenvalue weighted by molar-refractivity contribution is -0.142. The summed E-state index contributed by atoms with van der Waals surface area (Å²) in [6.07, 6.45) is -0.291. The molecule has 0 saturated carbocycles. The van der Waals surface area contributed by atoms with E-state index in [-0.39, 0.29) is 11.6 Å². The maximum absolute atomic E-state index is 12.2. The molecular formula is C16H15N3O3S. The lowest BCUT2D eigenvalue weighted by atomic mass is 9.88. The molecule has 1 heterocycles. The summed E-state index contributed by atoms with van der Waals surface area (Å²) in [6, 6.07) is 11.3. The summed E-state index contributed by atoms with van der Waals surface area (Å²) < 4.78 is 0. The molecule has 2 aromatic rings. The van der Waals surface area contributed by atoms with E-state index in [9.17, 15) is 14.9 Å². The van der Waals surface area contributed by atoms with Gasteiger partial charge < -0.3 is 10.4 Å². The third-order valence-electron chi connectivity index (χ3n) is 3.20. The van der Waals surface area contributed by atoms with Crippen molar-refractivity contribution in [3.05, 3.63) is 35.2 Å². The molecule has 0 bridgehead atoms. The number of aliphatic carboxylic acids is 1. The molecular weight excluding hydrogens is 314 g/mol. The predicted octanol–water partition coefficient (Wildman–Crippen LogP) is 3.12. The summed E-state index contributed by atoms with van der Waals surface area (Å²) in [6.45, 7) is 3.10. The van der Waals surface area contributed by atoms with Gasteiger partial charge in [-0.2, -0.15) is 5.26 Å². The van der Waals surface area contributed by atoms with Crippen LogP contribution in [-0.2, 0) is 9.59 Å². The molecule has 0 aliphatic rings. The standard InChI is InChI=1S/C16H15N3O3S/c1-16(2,8-12(20)21)14(22)19-15-18-13(11(9-17)23-15)10-6-4-3-5-7-10/h3-7H,8H2,1-2H3,(H,20,21)(H,18,19,22). The van der Waals surface area contributed by atoms with Crippen LogP contribution in [-0.4, -0.2) is 22.0 Å². The number of carboxylic acid groups (broad SMARTS) is 1. The van der Waals surface area contributed by atoms with Crippen molar-refractivity contribution in [3.63, 3.8) is 0 Å². The topological polar surface area (TPSA) is 103 Å². The predicted molar refractivity (Wildman–Crippen MR) is 86.9 cm³/mol. The summed E-state index contributed by atoms with van der Waals surface area (Å²) in [5, 5.41) is 21.0. The van der Waals surface area contributed by atoms with Crippen LogP contribution in [0.25, 0.3) is 11.3 Å². The molecule has 0 aliphatic carbocycles. The number of hydrogen-bond acceptors (Lipinski definition) is 5. The molecule has 1 aromatic carbocycles. The average molecular weight is 329 g/mol. The smallest absolute Gasteiger partial charge is 0.304 e. The number of nitrogens with zero attached hydrogens (tertiary/aromatic N) is 2. The Labute approximate surface area is 137 Å². The molecule has 0 saturated heterocycles. The van der Waals surface area contributed by atoms with Crippen LogP contribution >= 0.6 is 11.3 Å². The highest BCUT2D eigenvalue weighted by molar-refractivity contribution is 7.16. The summed E-state index contributed by atoms with van der Waals surface area (Å²) >= 11 is 1.07. The Kier molecular flexibility index (Phi) is 4.77. The van der Waals surface area contributed by atoms with Crippen molar-refractivity contribution in [2.75, 3.05) is 5.32 Å². The molecule has 0 atom stereocenters. The Hall–Kier alpha value is -2.72. The monoisotopic (exact) mass is 329 g/mol. The van der Waals surface area contributed by atoms with Gasteiger partial charge >= 0.3 is 5.97 Å². The second-order valence-corrected chi connectivity index (χ2v) is 6.58. The van der Waals surface area contributed by atoms with Gasteiger partial charge in [0, 0.05) is 5.56 Å². The van der Waals surface area contributed by atoms with E-state index < -0.39 is 17.3 Å². The minimum absolute atomic E-state index is 0.281. The van der Waals surface area contributed by atoms with Crippen LogP contribution in [0.4, 0.5) is 5.13 Å². The number of benzene rings is 1. The second-order valence-electron chi connectivity index (χ2n) is 5.58. The first-order valence-corrected chi connectivity index (χ1v) is 7.65. The summed E-state index contributed by atoms with van der Waals surface area (Å²) in [5.41, 5.74) is 0.215. The van der Waals surface area contributed by atoms with E-state index >= 15 is 0 Å². The third kappa shape index (κ3) is 3.93. The normalized spacial score (nSPS) is 10.8. The maximum Gasteiger partial charge on any atom is 0.304 e. The molecule has 6 nitrogen and oxygen atoms in total. The first-order valence-electron chi connectivity index (χ1n) is 6.83. The van der Waals surface area contributed by atoms with Gasteiger partial charge in [-0.05, 0) is 0 Å². The van der Waals surface area contributed by atoms with Gasteiger partial charge in [0.05, 0.1) is 11.8 Å². The Bertz CT molecular complexity index is 776. The van der Waals surface area contributed by atoms with Crippen LogP contribution in [0.2, 0.25) is 0 Å². The van der Waals surface area contributed by atoms with Crippen molar-refractivity contribution >= 4 is 28.3 Å². The highest BCUT2D eigenvalue weighted by Crippen LogP contribution is 2.31. The van der Waals surface area contributed by atoms with Gasteiger partial charge in [-0.1, -0.05) is 55.5 Å². The Morgan fingerprint density at radius 3 is 2.57 bits per heavy atom. The molecule has 0 fully saturated rings. The number of nitriles is 1. The lowest BCUT2D eigenvalue weighted by Gasteiger charge is -2.20. The van der Waals surface area contributed by atoms with Gasteiger partial charge in [-0.3, -0.25) is 9.59 Å². The van der Waals surface area contributed by atoms with E-state index in [1.165, 1.54) is 0 Å². The van der Waals surface area contributed by atoms with E-state index in [1.807, 2.05) is 30.3 Å². The molecule has 2 N–H and O–H groups in total. The zero-order valence-electron chi connectivity index (χ0n) is 12.7. The Morgan fingerprint density at radius 2 is 2.00 bits per heavy atom. The number of thiazole rings is 1. The third-order valence-corrected chi connectivity index (χ3v) is 4.08. The fraction of sp³-hybridized carbons (Fsp3) is 0.250. The van der Waals surface area contributed by atoms with Crippen molar-refractivity contribution in [1.82, 2.24) is 4.98 Å². The van der Waals surface area contributed by atoms with Crippen LogP contribution in [0.15, 0.2) is 30.3 Å². The van der Waals surface area contributed by atoms with Crippen molar-refractivity contribution < 1.29 is 14.7 Å². The minimum Gasteiger partial charge on any atom is -0.481 e. The van der Waals surface area contributed by atoms with Crippen molar-refractivity contribution in [2.45, 2.75) is 20.3 Å². The van der Waals surface area contributed by atoms with Crippen molar-refractivity contribution in [3.8, 4) is 17.3 Å². The quantitative estimate of drug-likeness (QED) is 0.877. The summed E-state index contributed by atoms with van der Waals surface area (Å²) in [4.78, 5) is 27.7. The van der Waals surface area contributed by atoms with E-state index in [1.54, 1.807) is 13.8 Å². The molecule has 0 spiro atoms. The average Bonchev–Trinajstić information content (AvgIpc) is 2.89. The Balaban J connectivity index is 2.26. The SMILES string of the molecule is CC(C)(CC(=O)O)C(=O)Nc1nc(-c2ccccc2)c(C#N)s1. The number of anilines is 1.